The number of aromatic nitrogens is 1. The molecule has 0 aliphatic carbocycles. The minimum absolute atomic E-state index is 0.312. The molecule has 1 amide bonds. The summed E-state index contributed by atoms with van der Waals surface area (Å²) in [5.41, 5.74) is 0.437. The fourth-order valence-electron chi connectivity index (χ4n) is 1.47. The number of rotatable bonds is 6. The predicted octanol–water partition coefficient (Wildman–Crippen LogP) is 0.694. The molecule has 1 unspecified atom stereocenters. The summed E-state index contributed by atoms with van der Waals surface area (Å²) in [5, 5.41) is 9.13. The summed E-state index contributed by atoms with van der Waals surface area (Å²) in [7, 11) is 1.47. The smallest absolute Gasteiger partial charge is 0.331 e. The molecule has 0 aliphatic heterocycles. The number of hydrogen-bond acceptors (Lipinski definition) is 4. The molecule has 0 saturated heterocycles. The zero-order valence-corrected chi connectivity index (χ0v) is 9.66. The van der Waals surface area contributed by atoms with Crippen LogP contribution in [0.5, 0.6) is 5.88 Å². The maximum Gasteiger partial charge on any atom is 0.331 e. The Morgan fingerprint density at radius 2 is 2.35 bits per heavy atom. The third-order valence-electron chi connectivity index (χ3n) is 2.35. The second-order valence-corrected chi connectivity index (χ2v) is 3.31. The lowest BCUT2D eigenvalue weighted by Gasteiger charge is -2.23. The largest absolute Gasteiger partial charge is 0.481 e. The lowest BCUT2D eigenvalue weighted by molar-refractivity contribution is -0.146. The highest BCUT2D eigenvalue weighted by atomic mass is 16.5. The first kappa shape index (κ1) is 13.0. The first-order chi connectivity index (χ1) is 8.13. The minimum Gasteiger partial charge on any atom is -0.481 e. The fourth-order valence-corrected chi connectivity index (χ4v) is 1.47. The molecular formula is C11H14N2O4. The van der Waals surface area contributed by atoms with Crippen LogP contribution in [-0.4, -0.2) is 41.0 Å². The van der Waals surface area contributed by atoms with Crippen LogP contribution in [-0.2, 0) is 9.59 Å². The van der Waals surface area contributed by atoms with Crippen molar-refractivity contribution in [3.63, 3.8) is 0 Å². The van der Waals surface area contributed by atoms with Gasteiger partial charge in [0.25, 0.3) is 0 Å². The van der Waals surface area contributed by atoms with E-state index in [-0.39, 0.29) is 0 Å². The Kier molecular flexibility index (Phi) is 4.45. The topological polar surface area (TPSA) is 79.7 Å². The Morgan fingerprint density at radius 3 is 2.71 bits per heavy atom. The van der Waals surface area contributed by atoms with Crippen molar-refractivity contribution in [1.29, 1.82) is 0 Å². The van der Waals surface area contributed by atoms with Crippen LogP contribution in [0.1, 0.15) is 18.5 Å². The molecule has 0 aromatic carbocycles. The molecule has 1 heterocycles. The average molecular weight is 238 g/mol. The van der Waals surface area contributed by atoms with E-state index in [0.717, 1.165) is 0 Å². The number of ether oxygens (including phenoxy) is 1. The van der Waals surface area contributed by atoms with Gasteiger partial charge in [0.1, 0.15) is 0 Å². The van der Waals surface area contributed by atoms with Gasteiger partial charge in [-0.05, 0) is 13.0 Å². The van der Waals surface area contributed by atoms with Crippen molar-refractivity contribution in [2.75, 3.05) is 13.7 Å². The zero-order valence-electron chi connectivity index (χ0n) is 9.66. The zero-order chi connectivity index (χ0) is 12.8. The lowest BCUT2D eigenvalue weighted by Crippen LogP contribution is -2.33. The second kappa shape index (κ2) is 5.83. The number of carboxylic acids is 1. The quantitative estimate of drug-likeness (QED) is 0.738. The number of carboxylic acid groups (broad SMARTS) is 1. The predicted molar refractivity (Wildman–Crippen MR) is 59.6 cm³/mol. The number of pyridine rings is 1. The molecule has 1 atom stereocenters. The summed E-state index contributed by atoms with van der Waals surface area (Å²) < 4.78 is 4.88. The van der Waals surface area contributed by atoms with Gasteiger partial charge in [-0.2, -0.15) is 0 Å². The van der Waals surface area contributed by atoms with Crippen molar-refractivity contribution < 1.29 is 19.4 Å². The van der Waals surface area contributed by atoms with Crippen LogP contribution >= 0.6 is 0 Å². The summed E-state index contributed by atoms with van der Waals surface area (Å²) in [4.78, 5) is 27.1. The van der Waals surface area contributed by atoms with E-state index in [0.29, 0.717) is 24.4 Å². The maximum absolute atomic E-state index is 11.2. The van der Waals surface area contributed by atoms with E-state index in [1.54, 1.807) is 19.1 Å². The Labute approximate surface area is 98.8 Å². The molecule has 0 saturated carbocycles. The maximum atomic E-state index is 11.2. The number of hydrogen-bond donors (Lipinski definition) is 1. The Bertz CT molecular complexity index is 391. The van der Waals surface area contributed by atoms with Crippen LogP contribution in [0.4, 0.5) is 0 Å². The number of likely N-dealkylation sites (N-methyl/N-ethyl adjacent to an activating group) is 1. The number of carbonyl (C=O) groups is 2. The van der Waals surface area contributed by atoms with Crippen molar-refractivity contribution >= 4 is 12.4 Å². The first-order valence-corrected chi connectivity index (χ1v) is 5.07. The van der Waals surface area contributed by atoms with Crippen molar-refractivity contribution in [3.8, 4) is 5.88 Å². The molecule has 1 rings (SSSR count). The van der Waals surface area contributed by atoms with Gasteiger partial charge >= 0.3 is 5.97 Å². The van der Waals surface area contributed by atoms with Crippen LogP contribution < -0.4 is 4.74 Å². The van der Waals surface area contributed by atoms with Crippen molar-refractivity contribution in [1.82, 2.24) is 9.88 Å². The summed E-state index contributed by atoms with van der Waals surface area (Å²) >= 11 is 0. The molecule has 6 nitrogen and oxygen atoms in total. The van der Waals surface area contributed by atoms with Gasteiger partial charge in [0.05, 0.1) is 7.11 Å². The standard InChI is InChI=1S/C11H14N2O4/c1-3-13(7-14)10(11(15)16)8-4-5-9(17-2)12-6-8/h4-7,10H,3H2,1-2H3,(H,15,16). The van der Waals surface area contributed by atoms with E-state index in [4.69, 9.17) is 9.84 Å². The van der Waals surface area contributed by atoms with E-state index in [1.165, 1.54) is 18.2 Å². The monoisotopic (exact) mass is 238 g/mol. The van der Waals surface area contributed by atoms with E-state index >= 15 is 0 Å². The van der Waals surface area contributed by atoms with Crippen molar-refractivity contribution in [2.24, 2.45) is 0 Å². The van der Waals surface area contributed by atoms with Crippen LogP contribution in [0.15, 0.2) is 18.3 Å². The average Bonchev–Trinajstić information content (AvgIpc) is 2.35. The Balaban J connectivity index is 3.04. The third-order valence-corrected chi connectivity index (χ3v) is 2.35. The van der Waals surface area contributed by atoms with Crippen LogP contribution in [0.25, 0.3) is 0 Å². The van der Waals surface area contributed by atoms with Gasteiger partial charge in [0.15, 0.2) is 6.04 Å². The van der Waals surface area contributed by atoms with E-state index < -0.39 is 12.0 Å². The molecule has 1 N–H and O–H groups in total. The van der Waals surface area contributed by atoms with Gasteiger partial charge in [-0.15, -0.1) is 0 Å². The highest BCUT2D eigenvalue weighted by molar-refractivity contribution is 5.78. The molecule has 17 heavy (non-hydrogen) atoms. The fraction of sp³-hybridized carbons (Fsp3) is 0.364. The van der Waals surface area contributed by atoms with Crippen LogP contribution in [0.3, 0.4) is 0 Å². The number of amides is 1. The van der Waals surface area contributed by atoms with Gasteiger partial charge in [-0.3, -0.25) is 4.79 Å². The Hall–Kier alpha value is -2.11. The third kappa shape index (κ3) is 2.93. The van der Waals surface area contributed by atoms with Gasteiger partial charge in [-0.25, -0.2) is 9.78 Å². The molecule has 0 bridgehead atoms. The summed E-state index contributed by atoms with van der Waals surface area (Å²) in [5.74, 6) is -0.696. The number of nitrogens with zero attached hydrogens (tertiary/aromatic N) is 2. The molecule has 0 spiro atoms. The summed E-state index contributed by atoms with van der Waals surface area (Å²) in [6, 6.07) is 2.12. The minimum atomic E-state index is -1.09. The van der Waals surface area contributed by atoms with Gasteiger partial charge in [-0.1, -0.05) is 0 Å². The van der Waals surface area contributed by atoms with Gasteiger partial charge in [0, 0.05) is 24.4 Å². The SMILES string of the molecule is CCN(C=O)C(C(=O)O)c1ccc(OC)nc1. The molecule has 0 radical (unpaired) electrons. The normalized spacial score (nSPS) is 11.6. The van der Waals surface area contributed by atoms with Gasteiger partial charge in [0.2, 0.25) is 12.3 Å². The van der Waals surface area contributed by atoms with E-state index in [9.17, 15) is 9.59 Å². The molecule has 1 aromatic rings. The highest BCUT2D eigenvalue weighted by Crippen LogP contribution is 2.20. The molecule has 0 aliphatic rings. The van der Waals surface area contributed by atoms with E-state index in [1.807, 2.05) is 0 Å². The summed E-state index contributed by atoms with van der Waals surface area (Å²) in [6.07, 6.45) is 1.91. The lowest BCUT2D eigenvalue weighted by atomic mass is 10.1. The molecule has 92 valence electrons. The van der Waals surface area contributed by atoms with Crippen molar-refractivity contribution in [2.45, 2.75) is 13.0 Å². The summed E-state index contributed by atoms with van der Waals surface area (Å²) in [6.45, 7) is 2.02. The van der Waals surface area contributed by atoms with Gasteiger partial charge < -0.3 is 14.7 Å². The van der Waals surface area contributed by atoms with Crippen LogP contribution in [0.2, 0.25) is 0 Å². The molecule has 0 fully saturated rings. The molecule has 1 aromatic heterocycles. The second-order valence-electron chi connectivity index (χ2n) is 3.31. The Morgan fingerprint density at radius 1 is 1.65 bits per heavy atom. The molecule has 6 heteroatoms. The highest BCUT2D eigenvalue weighted by Gasteiger charge is 2.25. The van der Waals surface area contributed by atoms with Crippen LogP contribution in [0, 0.1) is 0 Å². The number of methoxy groups -OCH3 is 1. The first-order valence-electron chi connectivity index (χ1n) is 5.07. The van der Waals surface area contributed by atoms with E-state index in [2.05, 4.69) is 4.98 Å². The molecular weight excluding hydrogens is 224 g/mol. The number of carbonyl (C=O) groups excluding carboxylic acids is 1. The van der Waals surface area contributed by atoms with Crippen molar-refractivity contribution in [3.05, 3.63) is 23.9 Å². The number of aliphatic carboxylic acids is 1.